The number of ether oxygens (including phenoxy) is 1. The first-order chi connectivity index (χ1) is 15.2. The highest BCUT2D eigenvalue weighted by Crippen LogP contribution is 2.33. The Morgan fingerprint density at radius 1 is 1.22 bits per heavy atom. The smallest absolute Gasteiger partial charge is 0.223 e. The number of fused-ring (bicyclic) bond motifs is 1. The molecular formula is C22H24ClN5O3S. The van der Waals surface area contributed by atoms with Crippen LogP contribution in [-0.2, 0) is 23.1 Å². The molecule has 0 fully saturated rings. The van der Waals surface area contributed by atoms with Gasteiger partial charge in [-0.1, -0.05) is 35.9 Å². The first-order valence-corrected chi connectivity index (χ1v) is 12.3. The van der Waals surface area contributed by atoms with Crippen molar-refractivity contribution >= 4 is 33.1 Å². The van der Waals surface area contributed by atoms with E-state index in [2.05, 4.69) is 19.6 Å². The summed E-state index contributed by atoms with van der Waals surface area (Å²) in [5, 5.41) is 0.557. The van der Waals surface area contributed by atoms with E-state index in [4.69, 9.17) is 22.1 Å². The van der Waals surface area contributed by atoms with E-state index in [0.29, 0.717) is 29.8 Å². The van der Waals surface area contributed by atoms with Crippen LogP contribution in [0.3, 0.4) is 0 Å². The van der Waals surface area contributed by atoms with Gasteiger partial charge in [-0.15, -0.1) is 0 Å². The molecule has 10 heteroatoms. The number of nitrogens with one attached hydrogen (secondary N) is 1. The summed E-state index contributed by atoms with van der Waals surface area (Å²) in [4.78, 5) is 10.5. The van der Waals surface area contributed by atoms with Crippen LogP contribution >= 0.6 is 11.6 Å². The molecule has 4 rings (SSSR count). The summed E-state index contributed by atoms with van der Waals surface area (Å²) < 4.78 is 31.0. The van der Waals surface area contributed by atoms with E-state index in [1.807, 2.05) is 43.3 Å². The van der Waals surface area contributed by atoms with Crippen molar-refractivity contribution in [3.8, 4) is 17.0 Å². The third-order valence-corrected chi connectivity index (χ3v) is 6.18. The summed E-state index contributed by atoms with van der Waals surface area (Å²) in [7, 11) is -3.26. The van der Waals surface area contributed by atoms with Crippen molar-refractivity contribution in [1.29, 1.82) is 0 Å². The second-order valence-electron chi connectivity index (χ2n) is 7.81. The number of nitrogen functional groups attached to an aromatic ring is 1. The minimum atomic E-state index is -3.26. The van der Waals surface area contributed by atoms with Crippen molar-refractivity contribution in [2.24, 2.45) is 0 Å². The fourth-order valence-corrected chi connectivity index (χ4v) is 4.36. The molecule has 2 aromatic carbocycles. The first-order valence-electron chi connectivity index (χ1n) is 10.0. The van der Waals surface area contributed by atoms with Gasteiger partial charge in [-0.3, -0.25) is 0 Å². The summed E-state index contributed by atoms with van der Waals surface area (Å²) in [5.74, 6) is 0.948. The van der Waals surface area contributed by atoms with Gasteiger partial charge in [0.25, 0.3) is 0 Å². The van der Waals surface area contributed by atoms with Crippen LogP contribution in [0.2, 0.25) is 5.02 Å². The van der Waals surface area contributed by atoms with E-state index in [0.717, 1.165) is 34.2 Å². The Morgan fingerprint density at radius 2 is 1.97 bits per heavy atom. The highest BCUT2D eigenvalue weighted by Gasteiger charge is 2.23. The van der Waals surface area contributed by atoms with Gasteiger partial charge < -0.3 is 15.4 Å². The molecule has 0 spiro atoms. The normalized spacial score (nSPS) is 16.2. The average Bonchev–Trinajstić information content (AvgIpc) is 2.91. The van der Waals surface area contributed by atoms with E-state index in [1.54, 1.807) is 6.07 Å². The predicted molar refractivity (Wildman–Crippen MR) is 126 cm³/mol. The van der Waals surface area contributed by atoms with E-state index in [-0.39, 0.29) is 12.6 Å². The van der Waals surface area contributed by atoms with E-state index in [1.165, 1.54) is 6.33 Å². The van der Waals surface area contributed by atoms with Crippen molar-refractivity contribution in [3.05, 3.63) is 64.9 Å². The van der Waals surface area contributed by atoms with Crippen molar-refractivity contribution < 1.29 is 13.2 Å². The quantitative estimate of drug-likeness (QED) is 0.585. The van der Waals surface area contributed by atoms with Gasteiger partial charge in [0.1, 0.15) is 18.2 Å². The van der Waals surface area contributed by atoms with Gasteiger partial charge in [0, 0.05) is 22.8 Å². The zero-order chi connectivity index (χ0) is 22.9. The molecule has 1 atom stereocenters. The average molecular weight is 474 g/mol. The lowest BCUT2D eigenvalue weighted by Crippen LogP contribution is -2.30. The molecule has 1 aromatic heterocycles. The lowest BCUT2D eigenvalue weighted by atomic mass is 10.0. The zero-order valence-corrected chi connectivity index (χ0v) is 19.3. The number of nitrogens with two attached hydrogens (primary N) is 1. The van der Waals surface area contributed by atoms with Crippen molar-refractivity contribution in [3.63, 3.8) is 0 Å². The Balaban J connectivity index is 1.55. The number of aromatic nitrogens is 2. The number of anilines is 2. The Morgan fingerprint density at radius 3 is 2.66 bits per heavy atom. The van der Waals surface area contributed by atoms with Crippen molar-refractivity contribution in [2.75, 3.05) is 23.4 Å². The topological polar surface area (TPSA) is 110 Å². The van der Waals surface area contributed by atoms with Crippen LogP contribution < -0.4 is 20.1 Å². The van der Waals surface area contributed by atoms with Crippen LogP contribution in [0, 0.1) is 0 Å². The monoisotopic (exact) mass is 473 g/mol. The number of halogens is 1. The number of benzene rings is 2. The van der Waals surface area contributed by atoms with Crippen molar-refractivity contribution in [1.82, 2.24) is 14.7 Å². The van der Waals surface area contributed by atoms with Crippen molar-refractivity contribution in [2.45, 2.75) is 26.1 Å². The minimum absolute atomic E-state index is 0.0623. The maximum atomic E-state index is 11.3. The SMILES string of the molecule is CC1CN(c2ccc(-c3ccc(CNS(C)(=O)=O)cc3Cl)cc2)Cc2c(N)ncnc2O1. The van der Waals surface area contributed by atoms with Gasteiger partial charge in [-0.2, -0.15) is 0 Å². The molecule has 0 amide bonds. The molecule has 32 heavy (non-hydrogen) atoms. The molecular weight excluding hydrogens is 450 g/mol. The van der Waals surface area contributed by atoms with Gasteiger partial charge in [-0.25, -0.2) is 23.1 Å². The van der Waals surface area contributed by atoms with Crippen LogP contribution in [0.1, 0.15) is 18.1 Å². The Kier molecular flexibility index (Phi) is 6.23. The number of nitrogens with zero attached hydrogens (tertiary/aromatic N) is 3. The fourth-order valence-electron chi connectivity index (χ4n) is 3.62. The maximum absolute atomic E-state index is 11.3. The Labute approximate surface area is 192 Å². The van der Waals surface area contributed by atoms with Gasteiger partial charge in [0.2, 0.25) is 15.9 Å². The zero-order valence-electron chi connectivity index (χ0n) is 17.7. The third-order valence-electron chi connectivity index (χ3n) is 5.19. The molecule has 8 nitrogen and oxygen atoms in total. The Bertz CT molecular complexity index is 1230. The largest absolute Gasteiger partial charge is 0.472 e. The number of rotatable bonds is 5. The Hall–Kier alpha value is -2.88. The standard InChI is InChI=1S/C22H24ClN5O3S/c1-14-11-28(12-19-21(24)25-13-26-22(19)31-14)17-6-4-16(5-7-17)18-8-3-15(9-20(18)23)10-27-32(2,29)30/h3-9,13-14,27H,10-12H2,1-2H3,(H2,24,25,26). The van der Waals surface area contributed by atoms with Crippen LogP contribution in [0.25, 0.3) is 11.1 Å². The fraction of sp³-hybridized carbons (Fsp3) is 0.273. The molecule has 1 unspecified atom stereocenters. The van der Waals surface area contributed by atoms with E-state index < -0.39 is 10.0 Å². The van der Waals surface area contributed by atoms with Crippen LogP contribution in [0.5, 0.6) is 5.88 Å². The van der Waals surface area contributed by atoms with E-state index >= 15 is 0 Å². The van der Waals surface area contributed by atoms with Crippen LogP contribution in [0.4, 0.5) is 11.5 Å². The number of hydrogen-bond acceptors (Lipinski definition) is 7. The van der Waals surface area contributed by atoms with Gasteiger partial charge in [-0.05, 0) is 36.2 Å². The highest BCUT2D eigenvalue weighted by atomic mass is 35.5. The lowest BCUT2D eigenvalue weighted by molar-refractivity contribution is 0.223. The second kappa shape index (κ2) is 8.93. The molecule has 0 saturated heterocycles. The minimum Gasteiger partial charge on any atom is -0.472 e. The highest BCUT2D eigenvalue weighted by molar-refractivity contribution is 7.88. The molecule has 168 valence electrons. The molecule has 1 aliphatic heterocycles. The predicted octanol–water partition coefficient (Wildman–Crippen LogP) is 3.22. The molecule has 0 saturated carbocycles. The summed E-state index contributed by atoms with van der Waals surface area (Å²) in [6.45, 7) is 3.42. The summed E-state index contributed by atoms with van der Waals surface area (Å²) in [6.07, 6.45) is 2.48. The number of sulfonamides is 1. The second-order valence-corrected chi connectivity index (χ2v) is 10.0. The maximum Gasteiger partial charge on any atom is 0.223 e. The van der Waals surface area contributed by atoms with Crippen LogP contribution in [0.15, 0.2) is 48.8 Å². The van der Waals surface area contributed by atoms with Gasteiger partial charge >= 0.3 is 0 Å². The third kappa shape index (κ3) is 5.12. The molecule has 3 N–H and O–H groups in total. The molecule has 1 aliphatic rings. The summed E-state index contributed by atoms with van der Waals surface area (Å²) in [6, 6.07) is 13.6. The molecule has 0 aliphatic carbocycles. The summed E-state index contributed by atoms with van der Waals surface area (Å²) in [5.41, 5.74) is 10.5. The van der Waals surface area contributed by atoms with E-state index in [9.17, 15) is 8.42 Å². The molecule has 2 heterocycles. The van der Waals surface area contributed by atoms with Gasteiger partial charge in [0.05, 0.1) is 24.9 Å². The molecule has 3 aromatic rings. The first kappa shape index (κ1) is 22.3. The molecule has 0 radical (unpaired) electrons. The van der Waals surface area contributed by atoms with Crippen LogP contribution in [-0.4, -0.2) is 37.3 Å². The lowest BCUT2D eigenvalue weighted by Gasteiger charge is -2.24. The molecule has 0 bridgehead atoms. The number of hydrogen-bond donors (Lipinski definition) is 2. The summed E-state index contributed by atoms with van der Waals surface area (Å²) >= 11 is 6.48. The van der Waals surface area contributed by atoms with Gasteiger partial charge in [0.15, 0.2) is 0 Å².